The molecule has 2 heterocycles. The van der Waals surface area contributed by atoms with E-state index in [1.807, 2.05) is 54.9 Å². The lowest BCUT2D eigenvalue weighted by Crippen LogP contribution is -2.22. The first-order valence-corrected chi connectivity index (χ1v) is 5.86. The number of hydrogen-bond donors (Lipinski definition) is 0. The summed E-state index contributed by atoms with van der Waals surface area (Å²) in [6.07, 6.45) is 0. The molecule has 0 aliphatic carbocycles. The van der Waals surface area contributed by atoms with E-state index in [4.69, 9.17) is 0 Å². The zero-order valence-electron chi connectivity index (χ0n) is 10.5. The van der Waals surface area contributed by atoms with Crippen molar-refractivity contribution in [3.63, 3.8) is 0 Å². The van der Waals surface area contributed by atoms with E-state index in [0.717, 1.165) is 22.8 Å². The second kappa shape index (κ2) is 3.60. The van der Waals surface area contributed by atoms with Gasteiger partial charge in [-0.25, -0.2) is 0 Å². The summed E-state index contributed by atoms with van der Waals surface area (Å²) in [6.45, 7) is 5.91. The van der Waals surface area contributed by atoms with Crippen molar-refractivity contribution in [2.75, 3.05) is 4.90 Å². The first-order chi connectivity index (χ1) is 8.61. The van der Waals surface area contributed by atoms with Crippen LogP contribution in [0.1, 0.15) is 11.3 Å². The van der Waals surface area contributed by atoms with E-state index in [9.17, 15) is 4.79 Å². The Morgan fingerprint density at radius 2 is 1.83 bits per heavy atom. The van der Waals surface area contributed by atoms with Crippen LogP contribution in [0.15, 0.2) is 43.0 Å². The Morgan fingerprint density at radius 1 is 1.11 bits per heavy atom. The van der Waals surface area contributed by atoms with Crippen LogP contribution in [-0.4, -0.2) is 10.5 Å². The van der Waals surface area contributed by atoms with Gasteiger partial charge in [0.2, 0.25) is 0 Å². The SMILES string of the molecule is C=C1C(=O)N(c2ccc(C)n2C)c2ccccc21. The van der Waals surface area contributed by atoms with Gasteiger partial charge in [0.1, 0.15) is 5.82 Å². The number of amides is 1. The summed E-state index contributed by atoms with van der Waals surface area (Å²) >= 11 is 0. The molecule has 0 fully saturated rings. The Morgan fingerprint density at radius 3 is 2.50 bits per heavy atom. The highest BCUT2D eigenvalue weighted by Crippen LogP contribution is 2.40. The molecule has 0 bridgehead atoms. The van der Waals surface area contributed by atoms with Crippen LogP contribution in [0, 0.1) is 6.92 Å². The van der Waals surface area contributed by atoms with Crippen LogP contribution in [0.4, 0.5) is 11.5 Å². The van der Waals surface area contributed by atoms with Gasteiger partial charge >= 0.3 is 0 Å². The third kappa shape index (κ3) is 1.27. The summed E-state index contributed by atoms with van der Waals surface area (Å²) in [5.74, 6) is 0.834. The minimum atomic E-state index is -0.0441. The lowest BCUT2D eigenvalue weighted by Gasteiger charge is -2.18. The van der Waals surface area contributed by atoms with Crippen molar-refractivity contribution in [2.45, 2.75) is 6.92 Å². The molecule has 3 heteroatoms. The first kappa shape index (κ1) is 10.8. The number of para-hydroxylation sites is 1. The number of fused-ring (bicyclic) bond motifs is 1. The van der Waals surface area contributed by atoms with Gasteiger partial charge in [0.25, 0.3) is 5.91 Å². The Balaban J connectivity index is 2.22. The van der Waals surface area contributed by atoms with Gasteiger partial charge in [0.15, 0.2) is 0 Å². The standard InChI is InChI=1S/C15H14N2O/c1-10-8-9-14(16(10)3)17-13-7-5-4-6-12(13)11(2)15(17)18/h4-9H,2H2,1,3H3. The van der Waals surface area contributed by atoms with Crippen LogP contribution in [0.5, 0.6) is 0 Å². The minimum Gasteiger partial charge on any atom is -0.335 e. The third-order valence-electron chi connectivity index (χ3n) is 3.51. The highest BCUT2D eigenvalue weighted by Gasteiger charge is 2.33. The van der Waals surface area contributed by atoms with E-state index >= 15 is 0 Å². The molecule has 3 nitrogen and oxygen atoms in total. The number of carbonyl (C=O) groups is 1. The molecular weight excluding hydrogens is 224 g/mol. The zero-order valence-corrected chi connectivity index (χ0v) is 10.5. The summed E-state index contributed by atoms with van der Waals surface area (Å²) in [7, 11) is 1.96. The highest BCUT2D eigenvalue weighted by atomic mass is 16.2. The van der Waals surface area contributed by atoms with Gasteiger partial charge in [-0.05, 0) is 25.1 Å². The summed E-state index contributed by atoms with van der Waals surface area (Å²) in [6, 6.07) is 11.7. The molecule has 18 heavy (non-hydrogen) atoms. The van der Waals surface area contributed by atoms with E-state index in [-0.39, 0.29) is 5.91 Å². The van der Waals surface area contributed by atoms with Crippen LogP contribution >= 0.6 is 0 Å². The molecule has 2 aromatic rings. The molecule has 0 spiro atoms. The molecule has 1 aliphatic rings. The molecule has 0 unspecified atom stereocenters. The third-order valence-corrected chi connectivity index (χ3v) is 3.51. The Labute approximate surface area is 106 Å². The largest absolute Gasteiger partial charge is 0.335 e. The van der Waals surface area contributed by atoms with Crippen molar-refractivity contribution in [3.05, 3.63) is 54.2 Å². The summed E-state index contributed by atoms with van der Waals surface area (Å²) in [5, 5.41) is 0. The van der Waals surface area contributed by atoms with E-state index < -0.39 is 0 Å². The van der Waals surface area contributed by atoms with Crippen molar-refractivity contribution in [2.24, 2.45) is 7.05 Å². The molecule has 0 N–H and O–H groups in total. The number of anilines is 2. The van der Waals surface area contributed by atoms with E-state index in [1.165, 1.54) is 0 Å². The quantitative estimate of drug-likeness (QED) is 0.701. The number of aryl methyl sites for hydroxylation is 1. The monoisotopic (exact) mass is 238 g/mol. The van der Waals surface area contributed by atoms with Crippen molar-refractivity contribution < 1.29 is 4.79 Å². The van der Waals surface area contributed by atoms with Crippen molar-refractivity contribution in [3.8, 4) is 0 Å². The minimum absolute atomic E-state index is 0.0441. The number of aromatic nitrogens is 1. The smallest absolute Gasteiger partial charge is 0.264 e. The molecule has 0 saturated heterocycles. The van der Waals surface area contributed by atoms with E-state index in [0.29, 0.717) is 5.57 Å². The Kier molecular flexibility index (Phi) is 2.17. The van der Waals surface area contributed by atoms with Gasteiger partial charge in [-0.3, -0.25) is 9.69 Å². The van der Waals surface area contributed by atoms with Crippen LogP contribution in [-0.2, 0) is 11.8 Å². The average molecular weight is 238 g/mol. The average Bonchev–Trinajstić information content (AvgIpc) is 2.82. The summed E-state index contributed by atoms with van der Waals surface area (Å²) in [4.78, 5) is 14.1. The fourth-order valence-electron chi connectivity index (χ4n) is 2.33. The first-order valence-electron chi connectivity index (χ1n) is 5.86. The maximum atomic E-state index is 12.3. The number of rotatable bonds is 1. The van der Waals surface area contributed by atoms with Crippen LogP contribution in [0.25, 0.3) is 5.57 Å². The van der Waals surface area contributed by atoms with Crippen LogP contribution in [0.2, 0.25) is 0 Å². The molecule has 0 saturated carbocycles. The maximum absolute atomic E-state index is 12.3. The number of nitrogens with zero attached hydrogens (tertiary/aromatic N) is 2. The van der Waals surface area contributed by atoms with Gasteiger partial charge < -0.3 is 4.57 Å². The van der Waals surface area contributed by atoms with E-state index in [1.54, 1.807) is 4.90 Å². The molecule has 1 aliphatic heterocycles. The predicted octanol–water partition coefficient (Wildman–Crippen LogP) is 3.03. The molecular formula is C15H14N2O. The molecule has 1 aromatic carbocycles. The zero-order chi connectivity index (χ0) is 12.9. The Bertz CT molecular complexity index is 667. The fourth-order valence-corrected chi connectivity index (χ4v) is 2.33. The fraction of sp³-hybridized carbons (Fsp3) is 0.133. The van der Waals surface area contributed by atoms with Gasteiger partial charge in [-0.1, -0.05) is 24.8 Å². The van der Waals surface area contributed by atoms with Gasteiger partial charge in [-0.2, -0.15) is 0 Å². The number of hydrogen-bond acceptors (Lipinski definition) is 1. The molecule has 1 amide bonds. The normalized spacial score (nSPS) is 14.2. The molecule has 0 radical (unpaired) electrons. The highest BCUT2D eigenvalue weighted by molar-refractivity contribution is 6.34. The van der Waals surface area contributed by atoms with Gasteiger partial charge in [0, 0.05) is 23.9 Å². The van der Waals surface area contributed by atoms with Crippen LogP contribution in [0.3, 0.4) is 0 Å². The van der Waals surface area contributed by atoms with Crippen LogP contribution < -0.4 is 4.90 Å². The maximum Gasteiger partial charge on any atom is 0.264 e. The van der Waals surface area contributed by atoms with Crippen molar-refractivity contribution >= 4 is 23.0 Å². The van der Waals surface area contributed by atoms with Crippen molar-refractivity contribution in [1.82, 2.24) is 4.57 Å². The molecule has 3 rings (SSSR count). The second-order valence-corrected chi connectivity index (χ2v) is 4.53. The van der Waals surface area contributed by atoms with Gasteiger partial charge in [0.05, 0.1) is 5.69 Å². The lowest BCUT2D eigenvalue weighted by atomic mass is 10.1. The van der Waals surface area contributed by atoms with Crippen molar-refractivity contribution in [1.29, 1.82) is 0 Å². The predicted molar refractivity (Wildman–Crippen MR) is 72.8 cm³/mol. The molecule has 90 valence electrons. The molecule has 0 atom stereocenters. The van der Waals surface area contributed by atoms with Gasteiger partial charge in [-0.15, -0.1) is 0 Å². The lowest BCUT2D eigenvalue weighted by molar-refractivity contribution is -0.112. The number of benzene rings is 1. The Hall–Kier alpha value is -2.29. The second-order valence-electron chi connectivity index (χ2n) is 4.53. The molecule has 1 aromatic heterocycles. The summed E-state index contributed by atoms with van der Waals surface area (Å²) in [5.41, 5.74) is 3.51. The van der Waals surface area contributed by atoms with E-state index in [2.05, 4.69) is 6.58 Å². The summed E-state index contributed by atoms with van der Waals surface area (Å²) < 4.78 is 2.01. The number of carbonyl (C=O) groups excluding carboxylic acids is 1. The topological polar surface area (TPSA) is 25.2 Å².